The van der Waals surface area contributed by atoms with Gasteiger partial charge >= 0.3 is 0 Å². The second kappa shape index (κ2) is 8.22. The van der Waals surface area contributed by atoms with E-state index in [1.165, 1.54) is 12.1 Å². The molecule has 5 rings (SSSR count). The van der Waals surface area contributed by atoms with Gasteiger partial charge in [0.2, 0.25) is 0 Å². The number of carbonyl (C=O) groups excluding carboxylic acids is 1. The van der Waals surface area contributed by atoms with Gasteiger partial charge in [0.1, 0.15) is 29.5 Å². The van der Waals surface area contributed by atoms with Crippen molar-refractivity contribution in [2.75, 3.05) is 44.8 Å². The third-order valence-corrected chi connectivity index (χ3v) is 6.54. The molecule has 1 fully saturated rings. The van der Waals surface area contributed by atoms with Gasteiger partial charge in [-0.3, -0.25) is 9.69 Å². The third-order valence-electron chi connectivity index (χ3n) is 6.54. The van der Waals surface area contributed by atoms with Crippen LogP contribution in [-0.4, -0.2) is 50.3 Å². The highest BCUT2D eigenvalue weighted by Crippen LogP contribution is 2.50. The van der Waals surface area contributed by atoms with Gasteiger partial charge in [-0.05, 0) is 49.7 Å². The van der Waals surface area contributed by atoms with Gasteiger partial charge in [-0.1, -0.05) is 6.92 Å². The molecular formula is C25H27FN2O4. The van der Waals surface area contributed by atoms with Crippen molar-refractivity contribution in [3.63, 3.8) is 0 Å². The minimum Gasteiger partial charge on any atom is -0.492 e. The molecule has 0 aromatic heterocycles. The van der Waals surface area contributed by atoms with Crippen LogP contribution in [0, 0.1) is 5.82 Å². The molecule has 1 atom stereocenters. The van der Waals surface area contributed by atoms with E-state index in [0.717, 1.165) is 49.7 Å². The van der Waals surface area contributed by atoms with Crippen LogP contribution >= 0.6 is 0 Å². The van der Waals surface area contributed by atoms with Crippen molar-refractivity contribution in [3.05, 3.63) is 58.9 Å². The van der Waals surface area contributed by atoms with Gasteiger partial charge in [0.05, 0.1) is 18.8 Å². The highest BCUT2D eigenvalue weighted by Gasteiger charge is 2.42. The lowest BCUT2D eigenvalue weighted by Gasteiger charge is -2.26. The number of nitrogens with one attached hydrogen (secondary N) is 1. The van der Waals surface area contributed by atoms with Gasteiger partial charge in [-0.2, -0.15) is 0 Å². The van der Waals surface area contributed by atoms with E-state index >= 15 is 0 Å². The summed E-state index contributed by atoms with van der Waals surface area (Å²) < 4.78 is 31.8. The summed E-state index contributed by atoms with van der Waals surface area (Å²) >= 11 is 0. The van der Waals surface area contributed by atoms with E-state index in [2.05, 4.69) is 10.2 Å². The summed E-state index contributed by atoms with van der Waals surface area (Å²) in [5.41, 5.74) is 2.72. The maximum atomic E-state index is 13.9. The average molecular weight is 438 g/mol. The van der Waals surface area contributed by atoms with E-state index in [-0.39, 0.29) is 11.7 Å². The molecule has 0 saturated carbocycles. The van der Waals surface area contributed by atoms with Crippen molar-refractivity contribution < 1.29 is 23.4 Å². The number of rotatable bonds is 5. The molecule has 1 N–H and O–H groups in total. The van der Waals surface area contributed by atoms with Crippen LogP contribution in [0.3, 0.4) is 0 Å². The fraction of sp³-hybridized carbons (Fsp3) is 0.400. The zero-order valence-electron chi connectivity index (χ0n) is 18.4. The Balaban J connectivity index is 1.46. The van der Waals surface area contributed by atoms with Crippen molar-refractivity contribution >= 4 is 22.9 Å². The van der Waals surface area contributed by atoms with Crippen LogP contribution in [0.25, 0.3) is 11.3 Å². The van der Waals surface area contributed by atoms with Crippen LogP contribution in [-0.2, 0) is 19.9 Å². The Morgan fingerprint density at radius 2 is 1.97 bits per heavy atom. The molecule has 3 aliphatic heterocycles. The minimum atomic E-state index is -0.600. The summed E-state index contributed by atoms with van der Waals surface area (Å²) in [6.45, 7) is 8.88. The van der Waals surface area contributed by atoms with Gasteiger partial charge in [-0.15, -0.1) is 0 Å². The number of fused-ring (bicyclic) bond motifs is 2. The number of ether oxygens (including phenoxy) is 3. The summed E-state index contributed by atoms with van der Waals surface area (Å²) in [5, 5.41) is 2.82. The predicted molar refractivity (Wildman–Crippen MR) is 120 cm³/mol. The number of hydrogen-bond acceptors (Lipinski definition) is 5. The van der Waals surface area contributed by atoms with Crippen LogP contribution in [0.4, 0.5) is 10.1 Å². The van der Waals surface area contributed by atoms with Crippen molar-refractivity contribution in [3.8, 4) is 5.75 Å². The number of amides is 1. The van der Waals surface area contributed by atoms with E-state index < -0.39 is 5.60 Å². The molecule has 2 aromatic carbocycles. The maximum Gasteiger partial charge on any atom is 0.260 e. The summed E-state index contributed by atoms with van der Waals surface area (Å²) in [7, 11) is 0. The molecule has 32 heavy (non-hydrogen) atoms. The molecule has 7 heteroatoms. The van der Waals surface area contributed by atoms with Crippen LogP contribution in [0.1, 0.15) is 37.0 Å². The molecule has 3 heterocycles. The Kier molecular flexibility index (Phi) is 5.39. The molecule has 0 spiro atoms. The lowest BCUT2D eigenvalue weighted by atomic mass is 9.90. The molecular weight excluding hydrogens is 411 g/mol. The highest BCUT2D eigenvalue weighted by atomic mass is 19.1. The zero-order valence-corrected chi connectivity index (χ0v) is 18.4. The molecule has 1 amide bonds. The van der Waals surface area contributed by atoms with E-state index in [1.54, 1.807) is 6.07 Å². The summed E-state index contributed by atoms with van der Waals surface area (Å²) in [5.74, 6) is 0.594. The average Bonchev–Trinajstić information content (AvgIpc) is 3.27. The molecule has 0 aliphatic carbocycles. The van der Waals surface area contributed by atoms with Gasteiger partial charge in [0, 0.05) is 42.0 Å². The first-order chi connectivity index (χ1) is 15.5. The Hall–Kier alpha value is -2.90. The first kappa shape index (κ1) is 21.0. The first-order valence-corrected chi connectivity index (χ1v) is 11.1. The topological polar surface area (TPSA) is 60.0 Å². The summed E-state index contributed by atoms with van der Waals surface area (Å²) in [4.78, 5) is 15.1. The molecule has 2 aromatic rings. The predicted octanol–water partition coefficient (Wildman–Crippen LogP) is 4.01. The van der Waals surface area contributed by atoms with Crippen molar-refractivity contribution in [2.45, 2.75) is 25.9 Å². The van der Waals surface area contributed by atoms with E-state index in [9.17, 15) is 9.18 Å². The van der Waals surface area contributed by atoms with E-state index in [1.807, 2.05) is 32.0 Å². The summed E-state index contributed by atoms with van der Waals surface area (Å²) in [6.07, 6.45) is 0.714. The van der Waals surface area contributed by atoms with Crippen LogP contribution in [0.2, 0.25) is 0 Å². The van der Waals surface area contributed by atoms with Crippen molar-refractivity contribution in [1.82, 2.24) is 4.90 Å². The number of carbonyl (C=O) groups is 1. The molecule has 0 bridgehead atoms. The molecule has 1 unspecified atom stereocenters. The van der Waals surface area contributed by atoms with Gasteiger partial charge in [-0.25, -0.2) is 4.39 Å². The Morgan fingerprint density at radius 1 is 1.16 bits per heavy atom. The molecule has 1 saturated heterocycles. The van der Waals surface area contributed by atoms with Gasteiger partial charge in [0.25, 0.3) is 5.91 Å². The SMILES string of the molecule is CCC1(C)O/C(=C2/C(=O)Nc3ccc(F)cc32)c2ccc(OCCN3CCOCC3)cc21. The number of hydrogen-bond donors (Lipinski definition) is 1. The van der Waals surface area contributed by atoms with Crippen molar-refractivity contribution in [2.24, 2.45) is 0 Å². The highest BCUT2D eigenvalue weighted by molar-refractivity contribution is 6.36. The Morgan fingerprint density at radius 3 is 2.75 bits per heavy atom. The van der Waals surface area contributed by atoms with Crippen LogP contribution in [0.15, 0.2) is 36.4 Å². The molecule has 0 radical (unpaired) electrons. The minimum absolute atomic E-state index is 0.280. The van der Waals surface area contributed by atoms with Gasteiger partial charge < -0.3 is 19.5 Å². The second-order valence-electron chi connectivity index (χ2n) is 8.54. The lowest BCUT2D eigenvalue weighted by Crippen LogP contribution is -2.38. The first-order valence-electron chi connectivity index (χ1n) is 11.1. The monoisotopic (exact) mass is 438 g/mol. The summed E-state index contributed by atoms with van der Waals surface area (Å²) in [6, 6.07) is 10.1. The fourth-order valence-electron chi connectivity index (χ4n) is 4.51. The largest absolute Gasteiger partial charge is 0.492 e. The number of anilines is 1. The van der Waals surface area contributed by atoms with Gasteiger partial charge in [0.15, 0.2) is 0 Å². The number of halogens is 1. The lowest BCUT2D eigenvalue weighted by molar-refractivity contribution is -0.110. The maximum absolute atomic E-state index is 13.9. The zero-order chi connectivity index (χ0) is 22.3. The van der Waals surface area contributed by atoms with Crippen LogP contribution in [0.5, 0.6) is 5.75 Å². The Labute approximate surface area is 187 Å². The van der Waals surface area contributed by atoms with E-state index in [4.69, 9.17) is 14.2 Å². The standard InChI is InChI=1S/C25H27FN2O4/c1-3-25(2)20-15-17(31-13-10-28-8-11-30-12-9-28)5-6-18(20)23(32-25)22-19-14-16(26)4-7-21(19)27-24(22)29/h4-7,14-15H,3,8-13H2,1-2H3,(H,27,29)/b23-22+. The molecule has 168 valence electrons. The van der Waals surface area contributed by atoms with E-state index in [0.29, 0.717) is 35.6 Å². The third kappa shape index (κ3) is 3.65. The number of morpholine rings is 1. The number of nitrogens with zero attached hydrogens (tertiary/aromatic N) is 1. The smallest absolute Gasteiger partial charge is 0.260 e. The quantitative estimate of drug-likeness (QED) is 0.715. The molecule has 3 aliphatic rings. The molecule has 6 nitrogen and oxygen atoms in total. The number of benzene rings is 2. The fourth-order valence-corrected chi connectivity index (χ4v) is 4.51. The normalized spacial score (nSPS) is 24.7. The second-order valence-corrected chi connectivity index (χ2v) is 8.54. The van der Waals surface area contributed by atoms with Crippen molar-refractivity contribution in [1.29, 1.82) is 0 Å². The van der Waals surface area contributed by atoms with Crippen LogP contribution < -0.4 is 10.1 Å². The Bertz CT molecular complexity index is 1090.